The van der Waals surface area contributed by atoms with E-state index >= 15 is 0 Å². The quantitative estimate of drug-likeness (QED) is 0.921. The Morgan fingerprint density at radius 2 is 1.94 bits per heavy atom. The lowest BCUT2D eigenvalue weighted by Crippen LogP contribution is -2.22. The van der Waals surface area contributed by atoms with Gasteiger partial charge < -0.3 is 14.7 Å². The lowest BCUT2D eigenvalue weighted by Gasteiger charge is -2.21. The van der Waals surface area contributed by atoms with Gasteiger partial charge in [-0.1, -0.05) is 43.1 Å². The molecule has 18 heavy (non-hydrogen) atoms. The minimum Gasteiger partial charge on any atom is -0.475 e. The zero-order valence-corrected chi connectivity index (χ0v) is 11.8. The van der Waals surface area contributed by atoms with E-state index in [2.05, 4.69) is 0 Å². The van der Waals surface area contributed by atoms with Gasteiger partial charge in [-0.05, 0) is 12.1 Å². The standard InChI is InChI=1S/C13H15Cl2NO2/c1-8(2)13-11(6-17)16(7-18-13)12-9(14)4-3-5-10(12)15/h3-5,8,17H,6-7H2,1-2H3. The van der Waals surface area contributed by atoms with E-state index in [4.69, 9.17) is 27.9 Å². The lowest BCUT2D eigenvalue weighted by atomic mass is 10.1. The van der Waals surface area contributed by atoms with Crippen molar-refractivity contribution in [1.29, 1.82) is 0 Å². The summed E-state index contributed by atoms with van der Waals surface area (Å²) in [4.78, 5) is 1.82. The molecule has 0 fully saturated rings. The minimum atomic E-state index is -0.102. The molecule has 0 amide bonds. The van der Waals surface area contributed by atoms with E-state index in [-0.39, 0.29) is 12.5 Å². The Kier molecular flexibility index (Phi) is 4.05. The number of aliphatic hydroxyl groups is 1. The van der Waals surface area contributed by atoms with Crippen LogP contribution in [-0.4, -0.2) is 18.4 Å². The molecule has 1 aromatic rings. The molecule has 0 unspecified atom stereocenters. The minimum absolute atomic E-state index is 0.102. The average molecular weight is 288 g/mol. The van der Waals surface area contributed by atoms with Gasteiger partial charge in [0.1, 0.15) is 5.76 Å². The van der Waals surface area contributed by atoms with Crippen molar-refractivity contribution in [2.45, 2.75) is 13.8 Å². The fourth-order valence-electron chi connectivity index (χ4n) is 2.04. The van der Waals surface area contributed by atoms with Crippen LogP contribution in [-0.2, 0) is 4.74 Å². The number of hydrogen-bond acceptors (Lipinski definition) is 3. The zero-order valence-electron chi connectivity index (χ0n) is 10.3. The maximum absolute atomic E-state index is 9.53. The molecule has 1 heterocycles. The number of rotatable bonds is 3. The summed E-state index contributed by atoms with van der Waals surface area (Å²) < 4.78 is 5.62. The number of para-hydroxylation sites is 1. The molecule has 5 heteroatoms. The number of nitrogens with zero attached hydrogens (tertiary/aromatic N) is 1. The van der Waals surface area contributed by atoms with Gasteiger partial charge in [0.15, 0.2) is 6.73 Å². The first-order chi connectivity index (χ1) is 8.56. The molecule has 0 atom stereocenters. The molecule has 0 aliphatic carbocycles. The molecule has 0 saturated carbocycles. The number of aliphatic hydroxyl groups excluding tert-OH is 1. The molecule has 1 aliphatic rings. The fraction of sp³-hybridized carbons (Fsp3) is 0.385. The normalized spacial score (nSPS) is 15.6. The van der Waals surface area contributed by atoms with Crippen molar-refractivity contribution in [3.05, 3.63) is 39.7 Å². The monoisotopic (exact) mass is 287 g/mol. The van der Waals surface area contributed by atoms with Gasteiger partial charge in [0.05, 0.1) is 28.0 Å². The van der Waals surface area contributed by atoms with Gasteiger partial charge in [0, 0.05) is 5.92 Å². The summed E-state index contributed by atoms with van der Waals surface area (Å²) in [5.41, 5.74) is 1.40. The topological polar surface area (TPSA) is 32.7 Å². The number of benzene rings is 1. The lowest BCUT2D eigenvalue weighted by molar-refractivity contribution is 0.216. The molecule has 0 spiro atoms. The fourth-order valence-corrected chi connectivity index (χ4v) is 2.64. The van der Waals surface area contributed by atoms with Crippen molar-refractivity contribution in [1.82, 2.24) is 0 Å². The van der Waals surface area contributed by atoms with Crippen LogP contribution in [0.3, 0.4) is 0 Å². The van der Waals surface area contributed by atoms with Crippen LogP contribution in [0, 0.1) is 5.92 Å². The number of halogens is 2. The van der Waals surface area contributed by atoms with Crippen molar-refractivity contribution in [3.8, 4) is 0 Å². The van der Waals surface area contributed by atoms with E-state index in [9.17, 15) is 5.11 Å². The average Bonchev–Trinajstić information content (AvgIpc) is 2.72. The van der Waals surface area contributed by atoms with Crippen LogP contribution in [0.1, 0.15) is 13.8 Å². The Morgan fingerprint density at radius 3 is 2.44 bits per heavy atom. The van der Waals surface area contributed by atoms with Crippen LogP contribution in [0.4, 0.5) is 5.69 Å². The molecule has 0 radical (unpaired) electrons. The third kappa shape index (κ3) is 2.30. The maximum atomic E-state index is 9.53. The van der Waals surface area contributed by atoms with Gasteiger partial charge in [-0.25, -0.2) is 0 Å². The Morgan fingerprint density at radius 1 is 1.33 bits per heavy atom. The predicted octanol–water partition coefficient (Wildman–Crippen LogP) is 3.65. The number of hydrogen-bond donors (Lipinski definition) is 1. The SMILES string of the molecule is CC(C)C1=C(CO)N(c2c(Cl)cccc2Cl)CO1. The van der Waals surface area contributed by atoms with Crippen LogP contribution >= 0.6 is 23.2 Å². The predicted molar refractivity (Wildman–Crippen MR) is 73.8 cm³/mol. The van der Waals surface area contributed by atoms with Crippen LogP contribution < -0.4 is 4.90 Å². The number of allylic oxidation sites excluding steroid dienone is 1. The molecule has 1 aliphatic heterocycles. The molecule has 0 aromatic heterocycles. The molecular weight excluding hydrogens is 273 g/mol. The summed E-state index contributed by atoms with van der Waals surface area (Å²) in [5.74, 6) is 0.992. The Bertz CT molecular complexity index is 466. The van der Waals surface area contributed by atoms with Crippen molar-refractivity contribution in [3.63, 3.8) is 0 Å². The first-order valence-electron chi connectivity index (χ1n) is 5.74. The van der Waals surface area contributed by atoms with Gasteiger partial charge in [0.2, 0.25) is 0 Å². The van der Waals surface area contributed by atoms with Crippen LogP contribution in [0.25, 0.3) is 0 Å². The van der Waals surface area contributed by atoms with Crippen molar-refractivity contribution >= 4 is 28.9 Å². The van der Waals surface area contributed by atoms with Gasteiger partial charge in [-0.2, -0.15) is 0 Å². The van der Waals surface area contributed by atoms with Crippen molar-refractivity contribution < 1.29 is 9.84 Å². The van der Waals surface area contributed by atoms with Crippen molar-refractivity contribution in [2.24, 2.45) is 5.92 Å². The van der Waals surface area contributed by atoms with Crippen LogP contribution in [0.15, 0.2) is 29.7 Å². The highest BCUT2D eigenvalue weighted by Gasteiger charge is 2.28. The summed E-state index contributed by atoms with van der Waals surface area (Å²) in [7, 11) is 0. The highest BCUT2D eigenvalue weighted by Crippen LogP contribution is 2.39. The first-order valence-corrected chi connectivity index (χ1v) is 6.50. The smallest absolute Gasteiger partial charge is 0.165 e. The Labute approximate surface area is 117 Å². The molecule has 2 rings (SSSR count). The molecule has 1 aromatic carbocycles. The number of anilines is 1. The molecule has 0 saturated heterocycles. The summed E-state index contributed by atoms with van der Waals surface area (Å²) >= 11 is 12.3. The van der Waals surface area contributed by atoms with E-state index in [1.807, 2.05) is 18.7 Å². The van der Waals surface area contributed by atoms with Gasteiger partial charge in [-0.15, -0.1) is 0 Å². The summed E-state index contributed by atoms with van der Waals surface area (Å²) in [6.45, 7) is 4.26. The summed E-state index contributed by atoms with van der Waals surface area (Å²) in [6.07, 6.45) is 0. The summed E-state index contributed by atoms with van der Waals surface area (Å²) in [5, 5.41) is 10.6. The van der Waals surface area contributed by atoms with Gasteiger partial charge in [-0.3, -0.25) is 0 Å². The van der Waals surface area contributed by atoms with Crippen molar-refractivity contribution in [2.75, 3.05) is 18.2 Å². The highest BCUT2D eigenvalue weighted by molar-refractivity contribution is 6.39. The largest absolute Gasteiger partial charge is 0.475 e. The van der Waals surface area contributed by atoms with Crippen LogP contribution in [0.2, 0.25) is 10.0 Å². The Hall–Kier alpha value is -0.900. The molecular formula is C13H15Cl2NO2. The first kappa shape index (κ1) is 13.5. The van der Waals surface area contributed by atoms with E-state index in [0.29, 0.717) is 22.5 Å². The second-order valence-corrected chi connectivity index (χ2v) is 5.21. The van der Waals surface area contributed by atoms with Gasteiger partial charge >= 0.3 is 0 Å². The third-order valence-corrected chi connectivity index (χ3v) is 3.45. The third-order valence-electron chi connectivity index (χ3n) is 2.84. The van der Waals surface area contributed by atoms with Gasteiger partial charge in [0.25, 0.3) is 0 Å². The van der Waals surface area contributed by atoms with E-state index in [0.717, 1.165) is 11.5 Å². The summed E-state index contributed by atoms with van der Waals surface area (Å²) in [6, 6.07) is 5.33. The van der Waals surface area contributed by atoms with E-state index < -0.39 is 0 Å². The second kappa shape index (κ2) is 5.39. The highest BCUT2D eigenvalue weighted by atomic mass is 35.5. The zero-order chi connectivity index (χ0) is 13.3. The van der Waals surface area contributed by atoms with E-state index in [1.54, 1.807) is 18.2 Å². The molecule has 1 N–H and O–H groups in total. The Balaban J connectivity index is 2.47. The molecule has 98 valence electrons. The second-order valence-electron chi connectivity index (χ2n) is 4.40. The van der Waals surface area contributed by atoms with E-state index in [1.165, 1.54) is 0 Å². The molecule has 3 nitrogen and oxygen atoms in total. The number of ether oxygens (including phenoxy) is 1. The van der Waals surface area contributed by atoms with Crippen LogP contribution in [0.5, 0.6) is 0 Å². The molecule has 0 bridgehead atoms. The maximum Gasteiger partial charge on any atom is 0.165 e.